The van der Waals surface area contributed by atoms with Crippen LogP contribution in [0.3, 0.4) is 0 Å². The van der Waals surface area contributed by atoms with E-state index in [2.05, 4.69) is 13.8 Å². The van der Waals surface area contributed by atoms with Crippen molar-refractivity contribution in [1.29, 1.82) is 0 Å². The molecule has 1 aliphatic rings. The zero-order chi connectivity index (χ0) is 26.1. The molecule has 4 aromatic rings. The van der Waals surface area contributed by atoms with Gasteiger partial charge in [-0.25, -0.2) is 4.39 Å². The van der Waals surface area contributed by atoms with Gasteiger partial charge in [-0.3, -0.25) is 9.59 Å². The van der Waals surface area contributed by atoms with Crippen LogP contribution in [-0.4, -0.2) is 24.0 Å². The molecule has 2 aromatic heterocycles. The van der Waals surface area contributed by atoms with Gasteiger partial charge in [0.05, 0.1) is 43.0 Å². The molecule has 1 atom stereocenters. The van der Waals surface area contributed by atoms with E-state index in [4.69, 9.17) is 18.3 Å². The molecule has 0 saturated heterocycles. The molecule has 2 aromatic carbocycles. The number of carbonyl (C=O) groups excluding carboxylic acids is 1. The van der Waals surface area contributed by atoms with Gasteiger partial charge in [-0.05, 0) is 67.3 Å². The summed E-state index contributed by atoms with van der Waals surface area (Å²) in [5, 5.41) is 0.0788. The Morgan fingerprint density at radius 1 is 1.05 bits per heavy atom. The van der Waals surface area contributed by atoms with Gasteiger partial charge in [0, 0.05) is 0 Å². The number of ether oxygens (including phenoxy) is 2. The van der Waals surface area contributed by atoms with E-state index >= 15 is 0 Å². The number of amides is 1. The van der Waals surface area contributed by atoms with E-state index in [9.17, 15) is 14.0 Å². The summed E-state index contributed by atoms with van der Waals surface area (Å²) in [4.78, 5) is 28.7. The first-order chi connectivity index (χ1) is 17.9. The molecule has 1 amide bonds. The fourth-order valence-corrected chi connectivity index (χ4v) is 4.56. The van der Waals surface area contributed by atoms with Crippen molar-refractivity contribution in [3.63, 3.8) is 0 Å². The van der Waals surface area contributed by atoms with E-state index in [0.717, 1.165) is 12.5 Å². The van der Waals surface area contributed by atoms with Crippen LogP contribution in [0.2, 0.25) is 0 Å². The molecule has 0 aliphatic carbocycles. The van der Waals surface area contributed by atoms with Crippen molar-refractivity contribution in [2.45, 2.75) is 39.8 Å². The van der Waals surface area contributed by atoms with E-state index in [1.807, 2.05) is 13.0 Å². The fraction of sp³-hybridized carbons (Fsp3) is 0.310. The average molecular weight is 506 g/mol. The smallest absolute Gasteiger partial charge is 0.291 e. The molecule has 8 heteroatoms. The first kappa shape index (κ1) is 24.6. The average Bonchev–Trinajstić information content (AvgIpc) is 3.48. The lowest BCUT2D eigenvalue weighted by molar-refractivity contribution is 0.0701. The van der Waals surface area contributed by atoms with Crippen molar-refractivity contribution in [3.8, 4) is 11.5 Å². The normalized spacial score (nSPS) is 15.0. The van der Waals surface area contributed by atoms with Crippen molar-refractivity contribution < 1.29 is 27.5 Å². The molecule has 0 bridgehead atoms. The van der Waals surface area contributed by atoms with Gasteiger partial charge in [-0.1, -0.05) is 19.9 Å². The minimum Gasteiger partial charge on any atom is -0.490 e. The zero-order valence-electron chi connectivity index (χ0n) is 21.0. The Bertz CT molecular complexity index is 1490. The van der Waals surface area contributed by atoms with Gasteiger partial charge in [0.15, 0.2) is 16.9 Å². The topological polar surface area (TPSA) is 82.1 Å². The lowest BCUT2D eigenvalue weighted by atomic mass is 9.98. The summed E-state index contributed by atoms with van der Waals surface area (Å²) in [5.74, 6) is 1.07. The Kier molecular flexibility index (Phi) is 6.74. The summed E-state index contributed by atoms with van der Waals surface area (Å²) in [6.07, 6.45) is 2.41. The van der Waals surface area contributed by atoms with Crippen LogP contribution in [-0.2, 0) is 6.54 Å². The van der Waals surface area contributed by atoms with Crippen LogP contribution in [0.15, 0.2) is 68.4 Å². The molecular weight excluding hydrogens is 477 g/mol. The standard InChI is InChI=1S/C29H28FNO6/c1-4-34-24-14-18(7-9-23(24)36-13-11-17(2)3)26-25-27(32)21-15-19(30)8-10-22(21)37-28(25)29(33)31(26)16-20-6-5-12-35-20/h5-10,12,14-15,17,26H,4,11,13,16H2,1-3H3. The lowest BCUT2D eigenvalue weighted by Crippen LogP contribution is -2.29. The molecule has 3 heterocycles. The highest BCUT2D eigenvalue weighted by Gasteiger charge is 2.43. The maximum atomic E-state index is 14.0. The molecular formula is C29H28FNO6. The minimum absolute atomic E-state index is 0.0594. The molecule has 0 saturated carbocycles. The SMILES string of the molecule is CCOc1cc(C2c3c(oc4ccc(F)cc4c3=O)C(=O)N2Cc2ccco2)ccc1OCCC(C)C. The first-order valence-electron chi connectivity index (χ1n) is 12.4. The predicted molar refractivity (Wildman–Crippen MR) is 135 cm³/mol. The molecule has 1 aliphatic heterocycles. The number of hydrogen-bond acceptors (Lipinski definition) is 6. The third-order valence-corrected chi connectivity index (χ3v) is 6.37. The number of benzene rings is 2. The third kappa shape index (κ3) is 4.71. The number of carbonyl (C=O) groups is 1. The highest BCUT2D eigenvalue weighted by Crippen LogP contribution is 2.42. The molecule has 0 fully saturated rings. The highest BCUT2D eigenvalue weighted by molar-refractivity contribution is 5.99. The van der Waals surface area contributed by atoms with Crippen molar-refractivity contribution in [2.75, 3.05) is 13.2 Å². The van der Waals surface area contributed by atoms with E-state index in [0.29, 0.717) is 42.0 Å². The van der Waals surface area contributed by atoms with Gasteiger partial charge < -0.3 is 23.2 Å². The number of rotatable bonds is 9. The van der Waals surface area contributed by atoms with Crippen LogP contribution in [0.5, 0.6) is 11.5 Å². The van der Waals surface area contributed by atoms with E-state index in [-0.39, 0.29) is 28.8 Å². The minimum atomic E-state index is -0.791. The Labute approximate surface area is 213 Å². The molecule has 1 unspecified atom stereocenters. The fourth-order valence-electron chi connectivity index (χ4n) is 4.56. The number of furan rings is 1. The van der Waals surface area contributed by atoms with Crippen molar-refractivity contribution in [1.82, 2.24) is 4.90 Å². The van der Waals surface area contributed by atoms with Crippen molar-refractivity contribution >= 4 is 16.9 Å². The van der Waals surface area contributed by atoms with Crippen LogP contribution < -0.4 is 14.9 Å². The van der Waals surface area contributed by atoms with Crippen LogP contribution in [0, 0.1) is 11.7 Å². The number of nitrogens with zero attached hydrogens (tertiary/aromatic N) is 1. The number of fused-ring (bicyclic) bond motifs is 2. The Balaban J connectivity index is 1.64. The highest BCUT2D eigenvalue weighted by atomic mass is 19.1. The van der Waals surface area contributed by atoms with Gasteiger partial charge in [0.25, 0.3) is 5.91 Å². The van der Waals surface area contributed by atoms with Crippen LogP contribution in [0.25, 0.3) is 11.0 Å². The van der Waals surface area contributed by atoms with Gasteiger partial charge in [-0.2, -0.15) is 0 Å². The van der Waals surface area contributed by atoms with Crippen LogP contribution in [0.1, 0.15) is 60.7 Å². The summed E-state index contributed by atoms with van der Waals surface area (Å²) in [6, 6.07) is 11.8. The third-order valence-electron chi connectivity index (χ3n) is 6.37. The van der Waals surface area contributed by atoms with E-state index in [1.165, 1.54) is 23.3 Å². The van der Waals surface area contributed by atoms with Gasteiger partial charge in [-0.15, -0.1) is 0 Å². The second-order valence-electron chi connectivity index (χ2n) is 9.40. The molecule has 5 rings (SSSR count). The maximum Gasteiger partial charge on any atom is 0.291 e. The molecule has 37 heavy (non-hydrogen) atoms. The summed E-state index contributed by atoms with van der Waals surface area (Å²) in [6.45, 7) is 7.18. The lowest BCUT2D eigenvalue weighted by Gasteiger charge is -2.25. The molecule has 0 radical (unpaired) electrons. The summed E-state index contributed by atoms with van der Waals surface area (Å²) < 4.78 is 37.3. The van der Waals surface area contributed by atoms with E-state index < -0.39 is 23.2 Å². The molecule has 0 spiro atoms. The quantitative estimate of drug-likeness (QED) is 0.274. The van der Waals surface area contributed by atoms with Crippen LogP contribution >= 0.6 is 0 Å². The molecule has 0 N–H and O–H groups in total. The summed E-state index contributed by atoms with van der Waals surface area (Å²) >= 11 is 0. The molecule has 7 nitrogen and oxygen atoms in total. The predicted octanol–water partition coefficient (Wildman–Crippen LogP) is 6.09. The summed E-state index contributed by atoms with van der Waals surface area (Å²) in [7, 11) is 0. The second kappa shape index (κ2) is 10.1. The van der Waals surface area contributed by atoms with Gasteiger partial charge >= 0.3 is 0 Å². The van der Waals surface area contributed by atoms with Crippen LogP contribution in [0.4, 0.5) is 4.39 Å². The monoisotopic (exact) mass is 505 g/mol. The van der Waals surface area contributed by atoms with Gasteiger partial charge in [0.1, 0.15) is 17.2 Å². The van der Waals surface area contributed by atoms with Crippen molar-refractivity contribution in [2.24, 2.45) is 5.92 Å². The van der Waals surface area contributed by atoms with E-state index in [1.54, 1.807) is 24.3 Å². The Morgan fingerprint density at radius 2 is 1.89 bits per heavy atom. The molecule has 192 valence electrons. The zero-order valence-corrected chi connectivity index (χ0v) is 21.0. The second-order valence-corrected chi connectivity index (χ2v) is 9.40. The maximum absolute atomic E-state index is 14.0. The Hall–Kier alpha value is -4.07. The Morgan fingerprint density at radius 3 is 2.62 bits per heavy atom. The number of halogens is 1. The van der Waals surface area contributed by atoms with Gasteiger partial charge in [0.2, 0.25) is 5.76 Å². The first-order valence-corrected chi connectivity index (χ1v) is 12.4. The van der Waals surface area contributed by atoms with Crippen molar-refractivity contribution in [3.05, 3.63) is 93.5 Å². The largest absolute Gasteiger partial charge is 0.490 e. The summed E-state index contributed by atoms with van der Waals surface area (Å²) in [5.41, 5.74) is 0.499. The number of hydrogen-bond donors (Lipinski definition) is 0.